The van der Waals surface area contributed by atoms with Crippen LogP contribution in [-0.4, -0.2) is 7.11 Å². The number of para-hydroxylation sites is 1. The average molecular weight is 265 g/mol. The first-order valence-corrected chi connectivity index (χ1v) is 6.80. The molecule has 2 nitrogen and oxygen atoms in total. The molecule has 1 unspecified atom stereocenters. The quantitative estimate of drug-likeness (QED) is 0.807. The van der Waals surface area contributed by atoms with Gasteiger partial charge in [0.1, 0.15) is 5.75 Å². The van der Waals surface area contributed by atoms with Crippen LogP contribution >= 0.6 is 0 Å². The molecule has 0 aliphatic carbocycles. The number of nitrogens with zero attached hydrogens (tertiary/aromatic N) is 1. The van der Waals surface area contributed by atoms with Crippen molar-refractivity contribution in [3.8, 4) is 22.9 Å². The second-order valence-electron chi connectivity index (χ2n) is 5.17. The normalized spacial score (nSPS) is 11.9. The third-order valence-corrected chi connectivity index (χ3v) is 3.49. The van der Waals surface area contributed by atoms with Gasteiger partial charge < -0.3 is 4.74 Å². The van der Waals surface area contributed by atoms with Crippen LogP contribution in [0.1, 0.15) is 25.3 Å². The summed E-state index contributed by atoms with van der Waals surface area (Å²) in [5.41, 5.74) is 3.24. The Hall–Kier alpha value is -2.27. The summed E-state index contributed by atoms with van der Waals surface area (Å²) in [5.74, 6) is 1.12. The summed E-state index contributed by atoms with van der Waals surface area (Å²) in [6.45, 7) is 4.14. The number of ether oxygens (including phenoxy) is 1. The molecule has 0 aromatic heterocycles. The second kappa shape index (κ2) is 6.25. The van der Waals surface area contributed by atoms with E-state index in [1.54, 1.807) is 7.11 Å². The zero-order chi connectivity index (χ0) is 14.5. The maximum Gasteiger partial charge on any atom is 0.126 e. The first-order chi connectivity index (χ1) is 9.67. The lowest BCUT2D eigenvalue weighted by Gasteiger charge is -2.14. The van der Waals surface area contributed by atoms with Crippen molar-refractivity contribution in [2.75, 3.05) is 7.11 Å². The first-order valence-electron chi connectivity index (χ1n) is 6.80. The molecule has 0 heterocycles. The molecule has 2 aromatic rings. The lowest BCUT2D eigenvalue weighted by Crippen LogP contribution is -2.03. The van der Waals surface area contributed by atoms with Crippen molar-refractivity contribution >= 4 is 0 Å². The highest BCUT2D eigenvalue weighted by Crippen LogP contribution is 2.31. The summed E-state index contributed by atoms with van der Waals surface area (Å²) in [5, 5.41) is 9.25. The lowest BCUT2D eigenvalue weighted by molar-refractivity contribution is 0.416. The maximum atomic E-state index is 9.25. The molecule has 2 heteroatoms. The van der Waals surface area contributed by atoms with Gasteiger partial charge in [-0.05, 0) is 23.1 Å². The van der Waals surface area contributed by atoms with Crippen molar-refractivity contribution in [1.29, 1.82) is 5.26 Å². The Morgan fingerprint density at radius 1 is 1.00 bits per heavy atom. The van der Waals surface area contributed by atoms with Crippen LogP contribution in [0.25, 0.3) is 11.1 Å². The summed E-state index contributed by atoms with van der Waals surface area (Å²) in [6.07, 6.45) is 0. The van der Waals surface area contributed by atoms with Gasteiger partial charge in [0.15, 0.2) is 0 Å². The first kappa shape index (κ1) is 14.1. The highest BCUT2D eigenvalue weighted by Gasteiger charge is 2.15. The van der Waals surface area contributed by atoms with E-state index in [0.29, 0.717) is 5.92 Å². The molecule has 2 rings (SSSR count). The van der Waals surface area contributed by atoms with Crippen LogP contribution in [0, 0.1) is 17.2 Å². The van der Waals surface area contributed by atoms with Crippen molar-refractivity contribution in [3.63, 3.8) is 0 Å². The zero-order valence-corrected chi connectivity index (χ0v) is 12.1. The van der Waals surface area contributed by atoms with Gasteiger partial charge in [-0.25, -0.2) is 0 Å². The standard InChI is InChI=1S/C18H19NO/c1-13(2)17(12-19)15-10-8-14(9-11-15)16-6-4-5-7-18(16)20-3/h4-11,13,17H,1-3H3. The second-order valence-corrected chi connectivity index (χ2v) is 5.17. The van der Waals surface area contributed by atoms with Crippen LogP contribution < -0.4 is 4.74 Å². The third-order valence-electron chi connectivity index (χ3n) is 3.49. The summed E-state index contributed by atoms with van der Waals surface area (Å²) in [7, 11) is 1.68. The molecular formula is C18H19NO. The Morgan fingerprint density at radius 3 is 2.20 bits per heavy atom. The van der Waals surface area contributed by atoms with E-state index < -0.39 is 0 Å². The lowest BCUT2D eigenvalue weighted by atomic mass is 9.89. The van der Waals surface area contributed by atoms with Gasteiger partial charge in [-0.15, -0.1) is 0 Å². The van der Waals surface area contributed by atoms with Gasteiger partial charge in [0.2, 0.25) is 0 Å². The molecule has 0 aliphatic rings. The molecule has 0 bridgehead atoms. The van der Waals surface area contributed by atoms with Crippen molar-refractivity contribution < 1.29 is 4.74 Å². The molecule has 0 saturated carbocycles. The molecule has 1 atom stereocenters. The monoisotopic (exact) mass is 265 g/mol. The number of hydrogen-bond acceptors (Lipinski definition) is 2. The number of nitriles is 1. The van der Waals surface area contributed by atoms with Crippen LogP contribution in [0.2, 0.25) is 0 Å². The highest BCUT2D eigenvalue weighted by atomic mass is 16.5. The molecule has 0 aliphatic heterocycles. The Labute approximate surface area is 120 Å². The Bertz CT molecular complexity index is 608. The predicted octanol–water partition coefficient (Wildman–Crippen LogP) is 4.63. The fourth-order valence-electron chi connectivity index (χ4n) is 2.36. The molecule has 0 fully saturated rings. The Morgan fingerprint density at radius 2 is 1.65 bits per heavy atom. The highest BCUT2D eigenvalue weighted by molar-refractivity contribution is 5.70. The smallest absolute Gasteiger partial charge is 0.126 e. The fraction of sp³-hybridized carbons (Fsp3) is 0.278. The van der Waals surface area contributed by atoms with E-state index in [2.05, 4.69) is 32.0 Å². The van der Waals surface area contributed by atoms with Crippen LogP contribution in [0.15, 0.2) is 48.5 Å². The Balaban J connectivity index is 2.36. The summed E-state index contributed by atoms with van der Waals surface area (Å²) < 4.78 is 5.38. The van der Waals surface area contributed by atoms with E-state index in [9.17, 15) is 5.26 Å². The number of methoxy groups -OCH3 is 1. The Kier molecular flexibility index (Phi) is 4.42. The van der Waals surface area contributed by atoms with Crippen LogP contribution in [0.3, 0.4) is 0 Å². The van der Waals surface area contributed by atoms with E-state index in [1.807, 2.05) is 36.4 Å². The van der Waals surface area contributed by atoms with Crippen molar-refractivity contribution in [1.82, 2.24) is 0 Å². The molecule has 0 spiro atoms. The molecule has 0 radical (unpaired) electrons. The molecule has 20 heavy (non-hydrogen) atoms. The van der Waals surface area contributed by atoms with Crippen LogP contribution in [0.4, 0.5) is 0 Å². The molecule has 0 N–H and O–H groups in total. The van der Waals surface area contributed by atoms with Crippen LogP contribution in [0.5, 0.6) is 5.75 Å². The van der Waals surface area contributed by atoms with E-state index in [0.717, 1.165) is 22.4 Å². The molecule has 102 valence electrons. The van der Waals surface area contributed by atoms with Gasteiger partial charge in [0.25, 0.3) is 0 Å². The fourth-order valence-corrected chi connectivity index (χ4v) is 2.36. The van der Waals surface area contributed by atoms with Crippen molar-refractivity contribution in [2.45, 2.75) is 19.8 Å². The number of benzene rings is 2. The molecular weight excluding hydrogens is 246 g/mol. The molecule has 2 aromatic carbocycles. The predicted molar refractivity (Wildman–Crippen MR) is 81.6 cm³/mol. The summed E-state index contributed by atoms with van der Waals surface area (Å²) in [6, 6.07) is 18.5. The average Bonchev–Trinajstić information content (AvgIpc) is 2.48. The van der Waals surface area contributed by atoms with Gasteiger partial charge in [-0.1, -0.05) is 56.3 Å². The van der Waals surface area contributed by atoms with E-state index in [1.165, 1.54) is 0 Å². The molecule has 0 saturated heterocycles. The number of hydrogen-bond donors (Lipinski definition) is 0. The van der Waals surface area contributed by atoms with E-state index >= 15 is 0 Å². The third kappa shape index (κ3) is 2.83. The minimum absolute atomic E-state index is 0.0540. The van der Waals surface area contributed by atoms with Gasteiger partial charge in [-0.3, -0.25) is 0 Å². The summed E-state index contributed by atoms with van der Waals surface area (Å²) in [4.78, 5) is 0. The molecule has 0 amide bonds. The van der Waals surface area contributed by atoms with Gasteiger partial charge >= 0.3 is 0 Å². The van der Waals surface area contributed by atoms with Crippen molar-refractivity contribution in [3.05, 3.63) is 54.1 Å². The minimum atomic E-state index is -0.0540. The largest absolute Gasteiger partial charge is 0.496 e. The van der Waals surface area contributed by atoms with E-state index in [-0.39, 0.29) is 5.92 Å². The maximum absolute atomic E-state index is 9.25. The van der Waals surface area contributed by atoms with Gasteiger partial charge in [-0.2, -0.15) is 5.26 Å². The van der Waals surface area contributed by atoms with Crippen LogP contribution in [-0.2, 0) is 0 Å². The SMILES string of the molecule is COc1ccccc1-c1ccc(C(C#N)C(C)C)cc1. The van der Waals surface area contributed by atoms with Gasteiger partial charge in [0, 0.05) is 5.56 Å². The number of rotatable bonds is 4. The minimum Gasteiger partial charge on any atom is -0.496 e. The van der Waals surface area contributed by atoms with E-state index in [4.69, 9.17) is 4.74 Å². The topological polar surface area (TPSA) is 33.0 Å². The van der Waals surface area contributed by atoms with Gasteiger partial charge in [0.05, 0.1) is 19.1 Å². The zero-order valence-electron chi connectivity index (χ0n) is 12.1. The van der Waals surface area contributed by atoms with Crippen molar-refractivity contribution in [2.24, 2.45) is 5.92 Å². The summed E-state index contributed by atoms with van der Waals surface area (Å²) >= 11 is 0.